The Hall–Kier alpha value is -0.810. The molecule has 1 heterocycles. The van der Waals surface area contributed by atoms with E-state index in [4.69, 9.17) is 9.47 Å². The Bertz CT molecular complexity index is 247. The highest BCUT2D eigenvalue weighted by Crippen LogP contribution is 2.14. The van der Waals surface area contributed by atoms with Crippen molar-refractivity contribution in [1.29, 1.82) is 0 Å². The lowest BCUT2D eigenvalue weighted by atomic mass is 10.2. The Balaban J connectivity index is 2.50. The molecule has 1 amide bonds. The van der Waals surface area contributed by atoms with E-state index in [2.05, 4.69) is 0 Å². The number of ether oxygens (including phenoxy) is 2. The minimum Gasteiger partial charge on any atom is -0.444 e. The van der Waals surface area contributed by atoms with Crippen LogP contribution in [0.25, 0.3) is 0 Å². The average Bonchev–Trinajstić information content (AvgIpc) is 2.15. The third-order valence-electron chi connectivity index (χ3n) is 2.28. The molecule has 94 valence electrons. The standard InChI is InChI=1S/C11H21NO4/c1-8(13)9-7-12(5-6-15-9)10(14)16-11(2,3)4/h8-9,13H,5-7H2,1-4H3/t8-,9+/m1/s1. The van der Waals surface area contributed by atoms with E-state index < -0.39 is 11.7 Å². The van der Waals surface area contributed by atoms with Gasteiger partial charge in [0.1, 0.15) is 11.7 Å². The predicted octanol–water partition coefficient (Wildman–Crippen LogP) is 1.00. The van der Waals surface area contributed by atoms with Crippen molar-refractivity contribution in [3.63, 3.8) is 0 Å². The number of hydrogen-bond acceptors (Lipinski definition) is 4. The Morgan fingerprint density at radius 2 is 2.19 bits per heavy atom. The van der Waals surface area contributed by atoms with E-state index >= 15 is 0 Å². The zero-order valence-electron chi connectivity index (χ0n) is 10.4. The van der Waals surface area contributed by atoms with E-state index in [0.717, 1.165) is 0 Å². The molecule has 0 unspecified atom stereocenters. The molecule has 0 aromatic heterocycles. The van der Waals surface area contributed by atoms with E-state index in [9.17, 15) is 9.90 Å². The zero-order valence-corrected chi connectivity index (χ0v) is 10.4. The Labute approximate surface area is 96.3 Å². The third kappa shape index (κ3) is 3.98. The van der Waals surface area contributed by atoms with Gasteiger partial charge in [0.05, 0.1) is 19.3 Å². The number of aliphatic hydroxyl groups is 1. The lowest BCUT2D eigenvalue weighted by molar-refractivity contribution is -0.0841. The van der Waals surface area contributed by atoms with Gasteiger partial charge in [-0.15, -0.1) is 0 Å². The Morgan fingerprint density at radius 3 is 2.69 bits per heavy atom. The summed E-state index contributed by atoms with van der Waals surface area (Å²) in [4.78, 5) is 13.3. The van der Waals surface area contributed by atoms with Gasteiger partial charge in [-0.2, -0.15) is 0 Å². The molecule has 1 fully saturated rings. The highest BCUT2D eigenvalue weighted by atomic mass is 16.6. The number of carbonyl (C=O) groups excluding carboxylic acids is 1. The molecule has 1 saturated heterocycles. The van der Waals surface area contributed by atoms with Gasteiger partial charge in [0.15, 0.2) is 0 Å². The van der Waals surface area contributed by atoms with Gasteiger partial charge < -0.3 is 19.5 Å². The van der Waals surface area contributed by atoms with E-state index in [1.807, 2.05) is 20.8 Å². The molecule has 0 aliphatic carbocycles. The van der Waals surface area contributed by atoms with Gasteiger partial charge in [-0.3, -0.25) is 0 Å². The molecule has 1 aliphatic rings. The van der Waals surface area contributed by atoms with Crippen LogP contribution in [0.4, 0.5) is 4.79 Å². The number of nitrogens with zero attached hydrogens (tertiary/aromatic N) is 1. The van der Waals surface area contributed by atoms with E-state index in [-0.39, 0.29) is 12.2 Å². The predicted molar refractivity (Wildman–Crippen MR) is 59.2 cm³/mol. The molecule has 0 radical (unpaired) electrons. The largest absolute Gasteiger partial charge is 0.444 e. The molecule has 0 aromatic rings. The van der Waals surface area contributed by atoms with E-state index in [1.165, 1.54) is 0 Å². The molecule has 5 nitrogen and oxygen atoms in total. The summed E-state index contributed by atoms with van der Waals surface area (Å²) in [5, 5.41) is 9.41. The molecule has 16 heavy (non-hydrogen) atoms. The minimum absolute atomic E-state index is 0.318. The topological polar surface area (TPSA) is 59.0 Å². The highest BCUT2D eigenvalue weighted by Gasteiger charge is 2.29. The second kappa shape index (κ2) is 5.01. The number of rotatable bonds is 1. The van der Waals surface area contributed by atoms with Gasteiger partial charge in [0.25, 0.3) is 0 Å². The van der Waals surface area contributed by atoms with E-state index in [1.54, 1.807) is 11.8 Å². The van der Waals surface area contributed by atoms with Crippen molar-refractivity contribution in [2.75, 3.05) is 19.7 Å². The number of hydrogen-bond donors (Lipinski definition) is 1. The molecular weight excluding hydrogens is 210 g/mol. The van der Waals surface area contributed by atoms with Crippen LogP contribution in [0.1, 0.15) is 27.7 Å². The van der Waals surface area contributed by atoms with Crippen LogP contribution in [0, 0.1) is 0 Å². The summed E-state index contributed by atoms with van der Waals surface area (Å²) in [5.41, 5.74) is -0.490. The minimum atomic E-state index is -0.578. The smallest absolute Gasteiger partial charge is 0.410 e. The van der Waals surface area contributed by atoms with Crippen molar-refractivity contribution in [2.45, 2.75) is 45.5 Å². The van der Waals surface area contributed by atoms with Crippen LogP contribution in [0.5, 0.6) is 0 Å². The first-order chi connectivity index (χ1) is 7.29. The van der Waals surface area contributed by atoms with Gasteiger partial charge in [-0.05, 0) is 27.7 Å². The SMILES string of the molecule is C[C@@H](O)[C@@H]1CN(C(=O)OC(C)(C)C)CCO1. The van der Waals surface area contributed by atoms with Crippen LogP contribution in [0.3, 0.4) is 0 Å². The molecule has 0 bridgehead atoms. The Kier molecular flexibility index (Phi) is 4.15. The van der Waals surface area contributed by atoms with Crippen molar-refractivity contribution in [3.05, 3.63) is 0 Å². The van der Waals surface area contributed by atoms with Gasteiger partial charge in [0.2, 0.25) is 0 Å². The van der Waals surface area contributed by atoms with Crippen LogP contribution in [-0.4, -0.2) is 53.6 Å². The summed E-state index contributed by atoms with van der Waals surface area (Å²) in [6.45, 7) is 8.48. The summed E-state index contributed by atoms with van der Waals surface area (Å²) in [6, 6.07) is 0. The molecule has 2 atom stereocenters. The fourth-order valence-electron chi connectivity index (χ4n) is 1.46. The highest BCUT2D eigenvalue weighted by molar-refractivity contribution is 5.68. The second-order valence-electron chi connectivity index (χ2n) is 5.08. The van der Waals surface area contributed by atoms with Crippen molar-refractivity contribution < 1.29 is 19.4 Å². The maximum absolute atomic E-state index is 11.7. The number of aliphatic hydroxyl groups excluding tert-OH is 1. The number of carbonyl (C=O) groups is 1. The normalized spacial score (nSPS) is 24.1. The molecule has 1 N–H and O–H groups in total. The van der Waals surface area contributed by atoms with Crippen molar-refractivity contribution in [1.82, 2.24) is 4.90 Å². The molecule has 0 saturated carbocycles. The molecule has 0 spiro atoms. The first-order valence-corrected chi connectivity index (χ1v) is 5.57. The van der Waals surface area contributed by atoms with Gasteiger partial charge in [0, 0.05) is 6.54 Å². The Morgan fingerprint density at radius 1 is 1.56 bits per heavy atom. The number of morpholine rings is 1. The molecule has 5 heteroatoms. The van der Waals surface area contributed by atoms with Crippen LogP contribution < -0.4 is 0 Å². The first-order valence-electron chi connectivity index (χ1n) is 5.57. The van der Waals surface area contributed by atoms with Crippen LogP contribution in [0.2, 0.25) is 0 Å². The maximum Gasteiger partial charge on any atom is 0.410 e. The first kappa shape index (κ1) is 13.3. The third-order valence-corrected chi connectivity index (χ3v) is 2.28. The second-order valence-corrected chi connectivity index (χ2v) is 5.08. The molecule has 0 aromatic carbocycles. The van der Waals surface area contributed by atoms with E-state index in [0.29, 0.717) is 19.7 Å². The zero-order chi connectivity index (χ0) is 12.3. The van der Waals surface area contributed by atoms with Crippen LogP contribution >= 0.6 is 0 Å². The van der Waals surface area contributed by atoms with Crippen LogP contribution in [-0.2, 0) is 9.47 Å². The lowest BCUT2D eigenvalue weighted by Gasteiger charge is -2.35. The number of amides is 1. The fraction of sp³-hybridized carbons (Fsp3) is 0.909. The summed E-state index contributed by atoms with van der Waals surface area (Å²) in [6.07, 6.45) is -1.24. The molecule has 1 aliphatic heterocycles. The summed E-state index contributed by atoms with van der Waals surface area (Å²) in [7, 11) is 0. The fourth-order valence-corrected chi connectivity index (χ4v) is 1.46. The lowest BCUT2D eigenvalue weighted by Crippen LogP contribution is -2.50. The summed E-state index contributed by atoms with van der Waals surface area (Å²) >= 11 is 0. The molecule has 1 rings (SSSR count). The van der Waals surface area contributed by atoms with Crippen molar-refractivity contribution in [2.24, 2.45) is 0 Å². The quantitative estimate of drug-likeness (QED) is 0.731. The van der Waals surface area contributed by atoms with Crippen LogP contribution in [0.15, 0.2) is 0 Å². The van der Waals surface area contributed by atoms with Crippen molar-refractivity contribution in [3.8, 4) is 0 Å². The monoisotopic (exact) mass is 231 g/mol. The van der Waals surface area contributed by atoms with Crippen molar-refractivity contribution >= 4 is 6.09 Å². The van der Waals surface area contributed by atoms with Gasteiger partial charge in [-0.1, -0.05) is 0 Å². The molecular formula is C11H21NO4. The summed E-state index contributed by atoms with van der Waals surface area (Å²) < 4.78 is 10.6. The maximum atomic E-state index is 11.7. The van der Waals surface area contributed by atoms with Gasteiger partial charge in [-0.25, -0.2) is 4.79 Å². The average molecular weight is 231 g/mol. The van der Waals surface area contributed by atoms with Gasteiger partial charge >= 0.3 is 6.09 Å². The summed E-state index contributed by atoms with van der Waals surface area (Å²) in [5.74, 6) is 0.